The smallest absolute Gasteiger partial charge is 0.333 e. The number of hydrogen-bond acceptors (Lipinski definition) is 4. The van der Waals surface area contributed by atoms with E-state index in [1.807, 2.05) is 48.5 Å². The van der Waals surface area contributed by atoms with Crippen molar-refractivity contribution in [2.75, 3.05) is 11.9 Å². The lowest BCUT2D eigenvalue weighted by Crippen LogP contribution is -2.61. The van der Waals surface area contributed by atoms with Crippen molar-refractivity contribution in [2.45, 2.75) is 43.4 Å². The number of nitrogens with one attached hydrogen (secondary N) is 1. The number of para-hydroxylation sites is 1. The van der Waals surface area contributed by atoms with Gasteiger partial charge in [0.1, 0.15) is 11.5 Å². The molecule has 4 heterocycles. The maximum Gasteiger partial charge on any atom is 0.333 e. The SMILES string of the molecule is O=C1Nc2ccccc2[C@]23C(=O)O[C@@H](c4cccc5ccccc45)[C@]12C[C@@H]1CCCCN13. The van der Waals surface area contributed by atoms with E-state index in [-0.39, 0.29) is 17.9 Å². The van der Waals surface area contributed by atoms with Crippen LogP contribution in [0.5, 0.6) is 0 Å². The summed E-state index contributed by atoms with van der Waals surface area (Å²) in [6.45, 7) is 0.811. The molecule has 5 heteroatoms. The molecule has 4 aliphatic heterocycles. The number of ether oxygens (including phenoxy) is 1. The van der Waals surface area contributed by atoms with Gasteiger partial charge < -0.3 is 10.1 Å². The van der Waals surface area contributed by atoms with E-state index in [1.54, 1.807) is 0 Å². The third kappa shape index (κ3) is 1.95. The van der Waals surface area contributed by atoms with Crippen LogP contribution in [-0.2, 0) is 19.9 Å². The van der Waals surface area contributed by atoms with E-state index in [9.17, 15) is 9.59 Å². The van der Waals surface area contributed by atoms with E-state index in [4.69, 9.17) is 4.74 Å². The molecule has 4 atom stereocenters. The van der Waals surface area contributed by atoms with Crippen LogP contribution in [0.25, 0.3) is 10.8 Å². The minimum absolute atomic E-state index is 0.0885. The molecular formula is C27H24N2O3. The molecule has 0 aromatic heterocycles. The van der Waals surface area contributed by atoms with E-state index in [2.05, 4.69) is 28.4 Å². The number of cyclic esters (lactones) is 1. The highest BCUT2D eigenvalue weighted by Crippen LogP contribution is 2.70. The summed E-state index contributed by atoms with van der Waals surface area (Å²) >= 11 is 0. The first-order chi connectivity index (χ1) is 15.7. The van der Waals surface area contributed by atoms with Crippen LogP contribution in [0.3, 0.4) is 0 Å². The first kappa shape index (κ1) is 18.4. The van der Waals surface area contributed by atoms with Crippen LogP contribution in [0.15, 0.2) is 66.7 Å². The molecule has 0 radical (unpaired) electrons. The summed E-state index contributed by atoms with van der Waals surface area (Å²) in [5, 5.41) is 5.29. The monoisotopic (exact) mass is 424 g/mol. The number of hydrogen-bond donors (Lipinski definition) is 1. The van der Waals surface area contributed by atoms with E-state index < -0.39 is 17.1 Å². The molecule has 0 saturated carbocycles. The lowest BCUT2D eigenvalue weighted by molar-refractivity contribution is -0.153. The maximum absolute atomic E-state index is 14.1. The number of amides is 1. The van der Waals surface area contributed by atoms with Gasteiger partial charge in [0.2, 0.25) is 5.91 Å². The van der Waals surface area contributed by atoms with Crippen molar-refractivity contribution < 1.29 is 14.3 Å². The topological polar surface area (TPSA) is 58.6 Å². The zero-order valence-corrected chi connectivity index (χ0v) is 17.7. The van der Waals surface area contributed by atoms with Crippen LogP contribution in [0, 0.1) is 5.41 Å². The summed E-state index contributed by atoms with van der Waals surface area (Å²) in [5.41, 5.74) is 0.482. The first-order valence-corrected chi connectivity index (χ1v) is 11.5. The number of rotatable bonds is 1. The number of carbonyl (C=O) groups excluding carboxylic acids is 2. The molecule has 32 heavy (non-hydrogen) atoms. The number of benzene rings is 3. The molecule has 0 bridgehead atoms. The van der Waals surface area contributed by atoms with Crippen LogP contribution in [0.1, 0.15) is 42.9 Å². The Balaban J connectivity index is 1.55. The number of esters is 1. The normalized spacial score (nSPS) is 33.1. The molecule has 0 unspecified atom stereocenters. The highest BCUT2D eigenvalue weighted by molar-refractivity contribution is 6.10. The highest BCUT2D eigenvalue weighted by atomic mass is 16.6. The largest absolute Gasteiger partial charge is 0.455 e. The second-order valence-electron chi connectivity index (χ2n) is 9.58. The first-order valence-electron chi connectivity index (χ1n) is 11.5. The Morgan fingerprint density at radius 3 is 2.69 bits per heavy atom. The van der Waals surface area contributed by atoms with Gasteiger partial charge in [-0.15, -0.1) is 0 Å². The number of carbonyl (C=O) groups is 2. The van der Waals surface area contributed by atoms with Gasteiger partial charge in [0.25, 0.3) is 0 Å². The van der Waals surface area contributed by atoms with Crippen molar-refractivity contribution in [3.8, 4) is 0 Å². The molecule has 3 fully saturated rings. The van der Waals surface area contributed by atoms with Gasteiger partial charge in [0, 0.05) is 22.9 Å². The Kier molecular flexibility index (Phi) is 3.56. The Morgan fingerprint density at radius 2 is 1.75 bits per heavy atom. The van der Waals surface area contributed by atoms with Crippen molar-refractivity contribution in [3.05, 3.63) is 77.9 Å². The van der Waals surface area contributed by atoms with Gasteiger partial charge in [-0.3, -0.25) is 9.69 Å². The third-order valence-electron chi connectivity index (χ3n) is 8.31. The summed E-state index contributed by atoms with van der Waals surface area (Å²) in [6, 6.07) is 22.2. The van der Waals surface area contributed by atoms with Crippen molar-refractivity contribution >= 4 is 28.3 Å². The molecule has 0 aliphatic carbocycles. The molecule has 5 nitrogen and oxygen atoms in total. The van der Waals surface area contributed by atoms with Gasteiger partial charge in [-0.1, -0.05) is 67.1 Å². The molecule has 4 aliphatic rings. The van der Waals surface area contributed by atoms with E-state index in [0.29, 0.717) is 6.42 Å². The van der Waals surface area contributed by atoms with Crippen LogP contribution in [0.4, 0.5) is 5.69 Å². The zero-order valence-electron chi connectivity index (χ0n) is 17.7. The molecule has 3 saturated heterocycles. The summed E-state index contributed by atoms with van der Waals surface area (Å²) in [7, 11) is 0. The molecule has 1 N–H and O–H groups in total. The van der Waals surface area contributed by atoms with Gasteiger partial charge in [0.15, 0.2) is 5.54 Å². The summed E-state index contributed by atoms with van der Waals surface area (Å²) in [6.07, 6.45) is 3.18. The molecule has 0 spiro atoms. The Hall–Kier alpha value is -3.18. The van der Waals surface area contributed by atoms with Crippen molar-refractivity contribution in [3.63, 3.8) is 0 Å². The van der Waals surface area contributed by atoms with Crippen molar-refractivity contribution in [2.24, 2.45) is 5.41 Å². The average Bonchev–Trinajstić information content (AvgIpc) is 3.29. The predicted molar refractivity (Wildman–Crippen MR) is 121 cm³/mol. The van der Waals surface area contributed by atoms with Gasteiger partial charge in [-0.25, -0.2) is 4.79 Å². The van der Waals surface area contributed by atoms with Gasteiger partial charge in [-0.2, -0.15) is 0 Å². The lowest BCUT2D eigenvalue weighted by atomic mass is 9.60. The number of piperidine rings is 1. The fourth-order valence-electron chi connectivity index (χ4n) is 7.15. The second kappa shape index (κ2) is 6.20. The molecule has 7 rings (SSSR count). The minimum Gasteiger partial charge on any atom is -0.455 e. The fourth-order valence-corrected chi connectivity index (χ4v) is 7.15. The maximum atomic E-state index is 14.1. The Morgan fingerprint density at radius 1 is 0.938 bits per heavy atom. The van der Waals surface area contributed by atoms with Gasteiger partial charge >= 0.3 is 5.97 Å². The summed E-state index contributed by atoms with van der Waals surface area (Å²) in [5.74, 6) is -0.364. The van der Waals surface area contributed by atoms with Crippen LogP contribution < -0.4 is 5.32 Å². The molecule has 3 aromatic carbocycles. The standard InChI is InChI=1S/C27H24N2O3/c30-24-26-16-18-10-5-6-15-29(18)27(26,21-13-3-4-14-22(21)28-24)25(31)32-23(26)20-12-7-9-17-8-1-2-11-19(17)20/h1-4,7-9,11-14,18,23H,5-6,10,15-16H2,(H,28,30)/t18-,23-,26+,27-/m0/s1. The van der Waals surface area contributed by atoms with E-state index >= 15 is 0 Å². The third-order valence-corrected chi connectivity index (χ3v) is 8.31. The molecule has 1 amide bonds. The Labute approximate surface area is 186 Å². The highest BCUT2D eigenvalue weighted by Gasteiger charge is 2.81. The second-order valence-corrected chi connectivity index (χ2v) is 9.58. The fraction of sp³-hybridized carbons (Fsp3) is 0.333. The van der Waals surface area contributed by atoms with Crippen molar-refractivity contribution in [1.29, 1.82) is 0 Å². The van der Waals surface area contributed by atoms with Gasteiger partial charge in [-0.05, 0) is 42.6 Å². The predicted octanol–water partition coefficient (Wildman–Crippen LogP) is 4.53. The van der Waals surface area contributed by atoms with Crippen LogP contribution in [-0.4, -0.2) is 29.4 Å². The molecular weight excluding hydrogens is 400 g/mol. The molecule has 3 aromatic rings. The lowest BCUT2D eigenvalue weighted by Gasteiger charge is -2.47. The van der Waals surface area contributed by atoms with Crippen LogP contribution in [0.2, 0.25) is 0 Å². The zero-order chi connectivity index (χ0) is 21.5. The Bertz CT molecular complexity index is 1300. The number of nitrogens with zero attached hydrogens (tertiary/aromatic N) is 1. The minimum atomic E-state index is -1.07. The summed E-state index contributed by atoms with van der Waals surface area (Å²) < 4.78 is 6.29. The van der Waals surface area contributed by atoms with Gasteiger partial charge in [0.05, 0.1) is 0 Å². The average molecular weight is 425 g/mol. The van der Waals surface area contributed by atoms with Crippen molar-refractivity contribution in [1.82, 2.24) is 4.90 Å². The van der Waals surface area contributed by atoms with Crippen LogP contribution >= 0.6 is 0 Å². The number of anilines is 1. The quantitative estimate of drug-likeness (QED) is 0.583. The van der Waals surface area contributed by atoms with E-state index in [1.165, 1.54) is 0 Å². The van der Waals surface area contributed by atoms with E-state index in [0.717, 1.165) is 53.4 Å². The molecule has 160 valence electrons. The summed E-state index contributed by atoms with van der Waals surface area (Å²) in [4.78, 5) is 30.4. The number of fused-ring (bicyclic) bond motifs is 3.